The zero-order chi connectivity index (χ0) is 13.3. The van der Waals surface area contributed by atoms with Crippen molar-refractivity contribution >= 4 is 11.8 Å². The molecule has 0 radical (unpaired) electrons. The molecular weight excluding hydrogens is 232 g/mol. The molecule has 18 heavy (non-hydrogen) atoms. The summed E-state index contributed by atoms with van der Waals surface area (Å²) < 4.78 is 1.97. The number of carbonyl (C=O) groups excluding carboxylic acids is 2. The number of rotatable bonds is 1. The van der Waals surface area contributed by atoms with Gasteiger partial charge in [-0.15, -0.1) is 0 Å². The standard InChI is InChI=1S/C12H18N4O2/c1-9(17)15-5-4-11-13-10(12(18)14(2)3)8-16(11)7-6-15/h8H,4-7H2,1-3H3. The zero-order valence-corrected chi connectivity index (χ0v) is 11.0. The highest BCUT2D eigenvalue weighted by Gasteiger charge is 2.20. The van der Waals surface area contributed by atoms with Crippen LogP contribution in [0.15, 0.2) is 6.20 Å². The Bertz CT molecular complexity index is 453. The van der Waals surface area contributed by atoms with Crippen molar-refractivity contribution in [1.82, 2.24) is 19.4 Å². The first kappa shape index (κ1) is 12.6. The van der Waals surface area contributed by atoms with Crippen LogP contribution < -0.4 is 0 Å². The summed E-state index contributed by atoms with van der Waals surface area (Å²) in [5.41, 5.74) is 0.478. The van der Waals surface area contributed by atoms with Gasteiger partial charge in [-0.3, -0.25) is 9.59 Å². The Morgan fingerprint density at radius 3 is 2.61 bits per heavy atom. The first-order valence-corrected chi connectivity index (χ1v) is 6.02. The van der Waals surface area contributed by atoms with Crippen LogP contribution in [0.1, 0.15) is 23.2 Å². The molecule has 0 saturated carbocycles. The Balaban J connectivity index is 2.17. The summed E-state index contributed by atoms with van der Waals surface area (Å²) in [5, 5.41) is 0. The number of amides is 2. The van der Waals surface area contributed by atoms with Crippen LogP contribution in [0.2, 0.25) is 0 Å². The smallest absolute Gasteiger partial charge is 0.273 e. The van der Waals surface area contributed by atoms with Gasteiger partial charge in [-0.2, -0.15) is 0 Å². The fourth-order valence-corrected chi connectivity index (χ4v) is 2.07. The molecule has 0 fully saturated rings. The lowest BCUT2D eigenvalue weighted by atomic mass is 10.3. The van der Waals surface area contributed by atoms with Crippen molar-refractivity contribution in [2.45, 2.75) is 19.9 Å². The van der Waals surface area contributed by atoms with Gasteiger partial charge < -0.3 is 14.4 Å². The van der Waals surface area contributed by atoms with Crippen molar-refractivity contribution in [2.24, 2.45) is 0 Å². The summed E-state index contributed by atoms with van der Waals surface area (Å²) in [6.07, 6.45) is 2.47. The van der Waals surface area contributed by atoms with Crippen molar-refractivity contribution < 1.29 is 9.59 Å². The quantitative estimate of drug-likeness (QED) is 0.704. The van der Waals surface area contributed by atoms with Gasteiger partial charge in [-0.25, -0.2) is 4.98 Å². The number of fused-ring (bicyclic) bond motifs is 1. The Hall–Kier alpha value is -1.85. The largest absolute Gasteiger partial charge is 0.343 e. The van der Waals surface area contributed by atoms with Gasteiger partial charge in [-0.05, 0) is 0 Å². The van der Waals surface area contributed by atoms with E-state index in [9.17, 15) is 9.59 Å². The molecule has 2 heterocycles. The number of aromatic nitrogens is 2. The molecule has 6 nitrogen and oxygen atoms in total. The minimum absolute atomic E-state index is 0.0843. The SMILES string of the molecule is CC(=O)N1CCc2nc(C(=O)N(C)C)cn2CC1. The predicted octanol–water partition coefficient (Wildman–Crippen LogP) is -0.0105. The molecule has 2 rings (SSSR count). The topological polar surface area (TPSA) is 58.4 Å². The Labute approximate surface area is 106 Å². The minimum Gasteiger partial charge on any atom is -0.343 e. The van der Waals surface area contributed by atoms with Crippen molar-refractivity contribution in [1.29, 1.82) is 0 Å². The lowest BCUT2D eigenvalue weighted by molar-refractivity contribution is -0.128. The maximum Gasteiger partial charge on any atom is 0.273 e. The van der Waals surface area contributed by atoms with E-state index in [0.717, 1.165) is 5.82 Å². The summed E-state index contributed by atoms with van der Waals surface area (Å²) in [6, 6.07) is 0. The number of hydrogen-bond acceptors (Lipinski definition) is 3. The highest BCUT2D eigenvalue weighted by Crippen LogP contribution is 2.11. The highest BCUT2D eigenvalue weighted by atomic mass is 16.2. The summed E-state index contributed by atoms with van der Waals surface area (Å²) in [4.78, 5) is 30.8. The molecule has 1 aliphatic rings. The number of nitrogens with zero attached hydrogens (tertiary/aromatic N) is 4. The molecule has 0 aromatic carbocycles. The van der Waals surface area contributed by atoms with Crippen LogP contribution in [-0.2, 0) is 17.8 Å². The molecular formula is C12H18N4O2. The average molecular weight is 250 g/mol. The van der Waals surface area contributed by atoms with Crippen LogP contribution in [-0.4, -0.2) is 58.4 Å². The van der Waals surface area contributed by atoms with Gasteiger partial charge in [0.25, 0.3) is 5.91 Å². The molecule has 0 N–H and O–H groups in total. The van der Waals surface area contributed by atoms with Gasteiger partial charge in [-0.1, -0.05) is 0 Å². The number of hydrogen-bond donors (Lipinski definition) is 0. The highest BCUT2D eigenvalue weighted by molar-refractivity contribution is 5.91. The molecule has 1 aromatic heterocycles. The molecule has 0 spiro atoms. The van der Waals surface area contributed by atoms with E-state index >= 15 is 0 Å². The van der Waals surface area contributed by atoms with Crippen LogP contribution in [0, 0.1) is 0 Å². The molecule has 1 aliphatic heterocycles. The third-order valence-electron chi connectivity index (χ3n) is 3.15. The summed E-state index contributed by atoms with van der Waals surface area (Å²) in [6.45, 7) is 3.62. The third kappa shape index (κ3) is 2.37. The van der Waals surface area contributed by atoms with Gasteiger partial charge in [0.15, 0.2) is 0 Å². The molecule has 98 valence electrons. The predicted molar refractivity (Wildman–Crippen MR) is 66.2 cm³/mol. The van der Waals surface area contributed by atoms with Crippen LogP contribution in [0.4, 0.5) is 0 Å². The van der Waals surface area contributed by atoms with Crippen LogP contribution in [0.5, 0.6) is 0 Å². The van der Waals surface area contributed by atoms with E-state index in [4.69, 9.17) is 0 Å². The van der Waals surface area contributed by atoms with Gasteiger partial charge in [0.1, 0.15) is 11.5 Å². The fraction of sp³-hybridized carbons (Fsp3) is 0.583. The third-order valence-corrected chi connectivity index (χ3v) is 3.15. The number of carbonyl (C=O) groups is 2. The first-order chi connectivity index (χ1) is 8.49. The maximum absolute atomic E-state index is 11.8. The molecule has 1 aromatic rings. The molecule has 0 unspecified atom stereocenters. The van der Waals surface area contributed by atoms with Crippen molar-refractivity contribution in [3.63, 3.8) is 0 Å². The van der Waals surface area contributed by atoms with Crippen LogP contribution in [0.3, 0.4) is 0 Å². The van der Waals surface area contributed by atoms with Crippen LogP contribution in [0.25, 0.3) is 0 Å². The Morgan fingerprint density at radius 1 is 1.28 bits per heavy atom. The van der Waals surface area contributed by atoms with E-state index in [1.165, 1.54) is 4.90 Å². The molecule has 0 saturated heterocycles. The molecule has 0 aliphatic carbocycles. The van der Waals surface area contributed by atoms with E-state index in [0.29, 0.717) is 31.7 Å². The van der Waals surface area contributed by atoms with Crippen molar-refractivity contribution in [2.75, 3.05) is 27.2 Å². The summed E-state index contributed by atoms with van der Waals surface area (Å²) in [7, 11) is 3.43. The maximum atomic E-state index is 11.8. The molecule has 0 bridgehead atoms. The first-order valence-electron chi connectivity index (χ1n) is 6.02. The van der Waals surface area contributed by atoms with E-state index in [2.05, 4.69) is 4.98 Å². The van der Waals surface area contributed by atoms with Crippen molar-refractivity contribution in [3.05, 3.63) is 17.7 Å². The minimum atomic E-state index is -0.0843. The van der Waals surface area contributed by atoms with Crippen LogP contribution >= 0.6 is 0 Å². The molecule has 0 atom stereocenters. The van der Waals surface area contributed by atoms with Gasteiger partial charge in [0.2, 0.25) is 5.91 Å². The Morgan fingerprint density at radius 2 is 2.00 bits per heavy atom. The van der Waals surface area contributed by atoms with Gasteiger partial charge in [0, 0.05) is 53.3 Å². The average Bonchev–Trinajstić information content (AvgIpc) is 2.61. The van der Waals surface area contributed by atoms with E-state index in [1.54, 1.807) is 27.2 Å². The van der Waals surface area contributed by atoms with Gasteiger partial charge in [0.05, 0.1) is 0 Å². The zero-order valence-electron chi connectivity index (χ0n) is 11.0. The van der Waals surface area contributed by atoms with Gasteiger partial charge >= 0.3 is 0 Å². The second-order valence-electron chi connectivity index (χ2n) is 4.69. The van der Waals surface area contributed by atoms with E-state index in [1.807, 2.05) is 9.47 Å². The second-order valence-corrected chi connectivity index (χ2v) is 4.69. The molecule has 2 amide bonds. The summed E-state index contributed by atoms with van der Waals surface area (Å²) >= 11 is 0. The lowest BCUT2D eigenvalue weighted by Gasteiger charge is -2.17. The normalized spacial score (nSPS) is 14.9. The lowest BCUT2D eigenvalue weighted by Crippen LogP contribution is -2.31. The van der Waals surface area contributed by atoms with Crippen molar-refractivity contribution in [3.8, 4) is 0 Å². The number of imidazole rings is 1. The monoisotopic (exact) mass is 250 g/mol. The fourth-order valence-electron chi connectivity index (χ4n) is 2.07. The van der Waals surface area contributed by atoms with E-state index < -0.39 is 0 Å². The summed E-state index contributed by atoms with van der Waals surface area (Å²) in [5.74, 6) is 0.883. The molecule has 6 heteroatoms. The second kappa shape index (κ2) is 4.80. The van der Waals surface area contributed by atoms with E-state index in [-0.39, 0.29) is 11.8 Å². The Kier molecular flexibility index (Phi) is 3.36.